The highest BCUT2D eigenvalue weighted by Gasteiger charge is 2.30. The van der Waals surface area contributed by atoms with E-state index in [0.29, 0.717) is 10.9 Å². The minimum atomic E-state index is -4.41. The van der Waals surface area contributed by atoms with E-state index in [9.17, 15) is 13.2 Å². The van der Waals surface area contributed by atoms with Crippen LogP contribution in [0.4, 0.5) is 17.6 Å². The first-order valence-corrected chi connectivity index (χ1v) is 11.9. The fraction of sp³-hybridized carbons (Fsp3) is 0.267. The summed E-state index contributed by atoms with van der Waals surface area (Å²) in [5, 5.41) is 1.20. The quantitative estimate of drug-likeness (QED) is 0.180. The van der Waals surface area contributed by atoms with Gasteiger partial charge in [-0.3, -0.25) is 0 Å². The van der Waals surface area contributed by atoms with Crippen molar-refractivity contribution >= 4 is 10.8 Å². The van der Waals surface area contributed by atoms with E-state index >= 15 is 4.39 Å². The van der Waals surface area contributed by atoms with Gasteiger partial charge in [0.15, 0.2) is 0 Å². The van der Waals surface area contributed by atoms with Crippen LogP contribution in [0.5, 0.6) is 0 Å². The van der Waals surface area contributed by atoms with Gasteiger partial charge >= 0.3 is 6.18 Å². The molecule has 4 aromatic carbocycles. The van der Waals surface area contributed by atoms with Crippen LogP contribution in [-0.4, -0.2) is 0 Å². The summed E-state index contributed by atoms with van der Waals surface area (Å²) in [5.41, 5.74) is 3.37. The summed E-state index contributed by atoms with van der Waals surface area (Å²) in [6.45, 7) is 2.22. The van der Waals surface area contributed by atoms with Crippen molar-refractivity contribution in [1.82, 2.24) is 0 Å². The van der Waals surface area contributed by atoms with Crippen molar-refractivity contribution in [2.75, 3.05) is 0 Å². The molecular formula is C30H28F4. The van der Waals surface area contributed by atoms with E-state index in [4.69, 9.17) is 0 Å². The normalized spacial score (nSPS) is 11.8. The molecule has 0 amide bonds. The zero-order valence-corrected chi connectivity index (χ0v) is 19.3. The number of benzene rings is 4. The van der Waals surface area contributed by atoms with Crippen molar-refractivity contribution in [3.63, 3.8) is 0 Å². The van der Waals surface area contributed by atoms with Gasteiger partial charge < -0.3 is 0 Å². The molecule has 0 aromatic heterocycles. The molecule has 4 heteroatoms. The minimum Gasteiger partial charge on any atom is -0.206 e. The third-order valence-electron chi connectivity index (χ3n) is 6.33. The summed E-state index contributed by atoms with van der Waals surface area (Å²) < 4.78 is 53.7. The standard InChI is InChI=1S/C30H28F4/c1-2-3-4-5-6-7-21-8-10-22(11-9-21)24-14-18-28-25(20-24)15-19-27(29(28)31)23-12-16-26(17-13-23)30(32,33)34/h8-20H,2-7H2,1H3. The Morgan fingerprint density at radius 2 is 1.29 bits per heavy atom. The number of fused-ring (bicyclic) bond motifs is 1. The number of halogens is 4. The molecule has 0 unspecified atom stereocenters. The van der Waals surface area contributed by atoms with Gasteiger partial charge in [-0.2, -0.15) is 13.2 Å². The second-order valence-corrected chi connectivity index (χ2v) is 8.80. The maximum absolute atomic E-state index is 15.3. The lowest BCUT2D eigenvalue weighted by Crippen LogP contribution is -2.04. The predicted molar refractivity (Wildman–Crippen MR) is 132 cm³/mol. The van der Waals surface area contributed by atoms with Gasteiger partial charge in [-0.25, -0.2) is 4.39 Å². The second-order valence-electron chi connectivity index (χ2n) is 8.80. The summed E-state index contributed by atoms with van der Waals surface area (Å²) >= 11 is 0. The van der Waals surface area contributed by atoms with Gasteiger partial charge in [0.25, 0.3) is 0 Å². The molecule has 0 atom stereocenters. The Morgan fingerprint density at radius 3 is 1.97 bits per heavy atom. The van der Waals surface area contributed by atoms with Crippen LogP contribution < -0.4 is 0 Å². The summed E-state index contributed by atoms with van der Waals surface area (Å²) in [5.74, 6) is -0.428. The minimum absolute atomic E-state index is 0.289. The van der Waals surface area contributed by atoms with Crippen molar-refractivity contribution in [2.24, 2.45) is 0 Å². The summed E-state index contributed by atoms with van der Waals surface area (Å²) in [6, 6.07) is 22.2. The average Bonchev–Trinajstić information content (AvgIpc) is 2.84. The van der Waals surface area contributed by atoms with Gasteiger partial charge in [0.1, 0.15) is 5.82 Å². The van der Waals surface area contributed by atoms with Crippen molar-refractivity contribution in [3.8, 4) is 22.3 Å². The number of rotatable bonds is 8. The van der Waals surface area contributed by atoms with E-state index in [1.54, 1.807) is 12.1 Å². The van der Waals surface area contributed by atoms with Gasteiger partial charge in [0.2, 0.25) is 0 Å². The Labute approximate surface area is 198 Å². The van der Waals surface area contributed by atoms with Crippen LogP contribution in [0.15, 0.2) is 78.9 Å². The zero-order chi connectivity index (χ0) is 24.1. The topological polar surface area (TPSA) is 0 Å². The molecule has 0 aliphatic carbocycles. The van der Waals surface area contributed by atoms with E-state index in [1.807, 2.05) is 18.2 Å². The number of hydrogen-bond donors (Lipinski definition) is 0. The first-order chi connectivity index (χ1) is 16.4. The van der Waals surface area contributed by atoms with Crippen LogP contribution in [0.3, 0.4) is 0 Å². The van der Waals surface area contributed by atoms with E-state index in [2.05, 4.69) is 31.2 Å². The molecule has 0 bridgehead atoms. The number of unbranched alkanes of at least 4 members (excludes halogenated alkanes) is 4. The monoisotopic (exact) mass is 464 g/mol. The summed E-state index contributed by atoms with van der Waals surface area (Å²) in [7, 11) is 0. The summed E-state index contributed by atoms with van der Waals surface area (Å²) in [6.07, 6.45) is 2.98. The Morgan fingerprint density at radius 1 is 0.647 bits per heavy atom. The van der Waals surface area contributed by atoms with Crippen molar-refractivity contribution in [2.45, 2.75) is 51.6 Å². The highest BCUT2D eigenvalue weighted by molar-refractivity contribution is 5.91. The van der Waals surface area contributed by atoms with Crippen LogP contribution in [0.1, 0.15) is 50.2 Å². The van der Waals surface area contributed by atoms with Crippen molar-refractivity contribution in [1.29, 1.82) is 0 Å². The van der Waals surface area contributed by atoms with E-state index in [-0.39, 0.29) is 5.56 Å². The van der Waals surface area contributed by atoms with E-state index < -0.39 is 17.6 Å². The van der Waals surface area contributed by atoms with Gasteiger partial charge in [-0.05, 0) is 58.7 Å². The van der Waals surface area contributed by atoms with Crippen LogP contribution in [0, 0.1) is 5.82 Å². The Kier molecular flexibility index (Phi) is 7.35. The first-order valence-electron chi connectivity index (χ1n) is 11.9. The number of alkyl halides is 3. The largest absolute Gasteiger partial charge is 0.416 e. The van der Waals surface area contributed by atoms with Crippen LogP contribution in [0.25, 0.3) is 33.0 Å². The second kappa shape index (κ2) is 10.4. The molecule has 4 aromatic rings. The number of hydrogen-bond acceptors (Lipinski definition) is 0. The summed E-state index contributed by atoms with van der Waals surface area (Å²) in [4.78, 5) is 0. The highest BCUT2D eigenvalue weighted by Crippen LogP contribution is 2.34. The van der Waals surface area contributed by atoms with Crippen LogP contribution >= 0.6 is 0 Å². The predicted octanol–water partition coefficient (Wildman–Crippen LogP) is 9.84. The van der Waals surface area contributed by atoms with Crippen molar-refractivity contribution < 1.29 is 17.6 Å². The van der Waals surface area contributed by atoms with Crippen LogP contribution in [0.2, 0.25) is 0 Å². The molecule has 0 radical (unpaired) electrons. The Bertz CT molecular complexity index is 1240. The lowest BCUT2D eigenvalue weighted by molar-refractivity contribution is -0.137. The lowest BCUT2D eigenvalue weighted by Gasteiger charge is -2.11. The molecule has 0 fully saturated rings. The van der Waals surface area contributed by atoms with Gasteiger partial charge in [-0.15, -0.1) is 0 Å². The average molecular weight is 465 g/mol. The Hall–Kier alpha value is -3.14. The molecule has 4 rings (SSSR count). The SMILES string of the molecule is CCCCCCCc1ccc(-c2ccc3c(F)c(-c4ccc(C(F)(F)F)cc4)ccc3c2)cc1. The molecule has 0 N–H and O–H groups in total. The fourth-order valence-electron chi connectivity index (χ4n) is 4.33. The maximum atomic E-state index is 15.3. The Balaban J connectivity index is 1.52. The smallest absolute Gasteiger partial charge is 0.206 e. The number of aryl methyl sites for hydroxylation is 1. The molecule has 0 saturated carbocycles. The fourth-order valence-corrected chi connectivity index (χ4v) is 4.33. The molecule has 0 aliphatic heterocycles. The van der Waals surface area contributed by atoms with Gasteiger partial charge in [-0.1, -0.05) is 93.3 Å². The third kappa shape index (κ3) is 5.49. The van der Waals surface area contributed by atoms with Gasteiger partial charge in [0.05, 0.1) is 5.56 Å². The molecule has 176 valence electrons. The molecular weight excluding hydrogens is 436 g/mol. The third-order valence-corrected chi connectivity index (χ3v) is 6.33. The molecule has 0 heterocycles. The first kappa shape index (κ1) is 24.0. The highest BCUT2D eigenvalue weighted by atomic mass is 19.4. The molecule has 34 heavy (non-hydrogen) atoms. The molecule has 0 nitrogen and oxygen atoms in total. The van der Waals surface area contributed by atoms with Gasteiger partial charge in [0, 0.05) is 10.9 Å². The zero-order valence-electron chi connectivity index (χ0n) is 19.3. The molecule has 0 aliphatic rings. The molecule has 0 spiro atoms. The maximum Gasteiger partial charge on any atom is 0.416 e. The molecule has 0 saturated heterocycles. The lowest BCUT2D eigenvalue weighted by atomic mass is 9.96. The van der Waals surface area contributed by atoms with Crippen LogP contribution in [-0.2, 0) is 12.6 Å². The van der Waals surface area contributed by atoms with E-state index in [1.165, 1.54) is 49.8 Å². The van der Waals surface area contributed by atoms with Crippen molar-refractivity contribution in [3.05, 3.63) is 95.8 Å². The van der Waals surface area contributed by atoms with E-state index in [0.717, 1.165) is 35.1 Å².